The van der Waals surface area contributed by atoms with Crippen LogP contribution < -0.4 is 10.6 Å². The van der Waals surface area contributed by atoms with Crippen LogP contribution in [0.4, 0.5) is 0 Å². The molecule has 0 aliphatic carbocycles. The molecule has 2 fully saturated rings. The minimum atomic E-state index is 0.425. The molecule has 94 valence electrons. The fraction of sp³-hybridized carbons (Fsp3) is 0.769. The van der Waals surface area contributed by atoms with Crippen molar-refractivity contribution in [2.45, 2.75) is 38.6 Å². The molecule has 17 heavy (non-hydrogen) atoms. The Bertz CT molecular complexity index is 376. The van der Waals surface area contributed by atoms with Crippen LogP contribution in [0.2, 0.25) is 0 Å². The Labute approximate surface area is 102 Å². The molecular weight excluding hydrogens is 214 g/mol. The highest BCUT2D eigenvalue weighted by atomic mass is 16.4. The predicted octanol–water partition coefficient (Wildman–Crippen LogP) is 1.56. The Morgan fingerprint density at radius 1 is 1.35 bits per heavy atom. The fourth-order valence-electron chi connectivity index (χ4n) is 2.93. The van der Waals surface area contributed by atoms with E-state index in [1.807, 2.05) is 6.92 Å². The van der Waals surface area contributed by atoms with Crippen molar-refractivity contribution in [3.63, 3.8) is 0 Å². The Hall–Kier alpha value is -0.870. The highest BCUT2D eigenvalue weighted by Gasteiger charge is 2.24. The third-order valence-corrected chi connectivity index (χ3v) is 3.89. The Balaban J connectivity index is 1.70. The van der Waals surface area contributed by atoms with E-state index in [2.05, 4.69) is 10.6 Å². The Morgan fingerprint density at radius 3 is 3.00 bits per heavy atom. The topological polar surface area (TPSA) is 50.1 Å². The molecule has 0 radical (unpaired) electrons. The first kappa shape index (κ1) is 11.2. The molecule has 1 aromatic heterocycles. The van der Waals surface area contributed by atoms with Gasteiger partial charge >= 0.3 is 0 Å². The summed E-state index contributed by atoms with van der Waals surface area (Å²) in [5.41, 5.74) is 1.14. The van der Waals surface area contributed by atoms with E-state index in [1.54, 1.807) is 0 Å². The summed E-state index contributed by atoms with van der Waals surface area (Å²) in [5, 5.41) is 6.87. The van der Waals surface area contributed by atoms with Crippen molar-refractivity contribution in [1.82, 2.24) is 15.6 Å². The first-order valence-corrected chi connectivity index (χ1v) is 6.73. The van der Waals surface area contributed by atoms with E-state index in [1.165, 1.54) is 19.3 Å². The van der Waals surface area contributed by atoms with E-state index < -0.39 is 0 Å². The third kappa shape index (κ3) is 2.38. The van der Waals surface area contributed by atoms with Gasteiger partial charge in [-0.15, -0.1) is 0 Å². The molecule has 4 heteroatoms. The highest BCUT2D eigenvalue weighted by molar-refractivity contribution is 5.14. The van der Waals surface area contributed by atoms with Gasteiger partial charge in [-0.3, -0.25) is 0 Å². The van der Waals surface area contributed by atoms with Crippen molar-refractivity contribution in [1.29, 1.82) is 0 Å². The lowest BCUT2D eigenvalue weighted by molar-refractivity contribution is 0.427. The maximum Gasteiger partial charge on any atom is 0.194 e. The van der Waals surface area contributed by atoms with E-state index in [0.29, 0.717) is 12.0 Å². The molecule has 1 aromatic rings. The van der Waals surface area contributed by atoms with Crippen LogP contribution in [-0.4, -0.2) is 24.6 Å². The molecule has 2 unspecified atom stereocenters. The summed E-state index contributed by atoms with van der Waals surface area (Å²) in [5.74, 6) is 2.64. The largest absolute Gasteiger partial charge is 0.446 e. The lowest BCUT2D eigenvalue weighted by Gasteiger charge is -2.06. The Morgan fingerprint density at radius 2 is 2.29 bits per heavy atom. The van der Waals surface area contributed by atoms with Gasteiger partial charge in [0, 0.05) is 6.42 Å². The van der Waals surface area contributed by atoms with E-state index >= 15 is 0 Å². The molecule has 2 atom stereocenters. The van der Waals surface area contributed by atoms with Crippen LogP contribution in [0.15, 0.2) is 4.42 Å². The number of hydrogen-bond donors (Lipinski definition) is 2. The van der Waals surface area contributed by atoms with Gasteiger partial charge in [0.15, 0.2) is 5.89 Å². The first-order valence-electron chi connectivity index (χ1n) is 6.73. The van der Waals surface area contributed by atoms with Gasteiger partial charge < -0.3 is 15.1 Å². The van der Waals surface area contributed by atoms with Crippen molar-refractivity contribution in [3.05, 3.63) is 17.3 Å². The van der Waals surface area contributed by atoms with Crippen molar-refractivity contribution in [2.75, 3.05) is 19.6 Å². The Kier molecular flexibility index (Phi) is 3.16. The van der Waals surface area contributed by atoms with Gasteiger partial charge in [-0.25, -0.2) is 4.98 Å². The molecule has 2 aliphatic heterocycles. The van der Waals surface area contributed by atoms with Crippen LogP contribution in [0.1, 0.15) is 42.6 Å². The van der Waals surface area contributed by atoms with Crippen molar-refractivity contribution in [3.8, 4) is 0 Å². The van der Waals surface area contributed by atoms with Gasteiger partial charge in [0.1, 0.15) is 5.76 Å². The monoisotopic (exact) mass is 235 g/mol. The summed E-state index contributed by atoms with van der Waals surface area (Å²) in [6, 6.07) is 0.425. The molecular formula is C13H21N3O. The molecule has 0 amide bonds. The number of nitrogens with zero attached hydrogens (tertiary/aromatic N) is 1. The fourth-order valence-corrected chi connectivity index (χ4v) is 2.93. The van der Waals surface area contributed by atoms with Crippen LogP contribution >= 0.6 is 0 Å². The molecule has 4 nitrogen and oxygen atoms in total. The zero-order valence-electron chi connectivity index (χ0n) is 10.5. The second-order valence-electron chi connectivity index (χ2n) is 5.26. The van der Waals surface area contributed by atoms with E-state index in [9.17, 15) is 0 Å². The molecule has 0 aromatic carbocycles. The second-order valence-corrected chi connectivity index (χ2v) is 5.26. The summed E-state index contributed by atoms with van der Waals surface area (Å²) in [6.07, 6.45) is 4.68. The van der Waals surface area contributed by atoms with Crippen molar-refractivity contribution >= 4 is 0 Å². The molecule has 2 aliphatic rings. The lowest BCUT2D eigenvalue weighted by atomic mass is 10.1. The summed E-state index contributed by atoms with van der Waals surface area (Å²) in [7, 11) is 0. The molecule has 0 spiro atoms. The molecule has 2 N–H and O–H groups in total. The number of nitrogens with one attached hydrogen (secondary N) is 2. The SMILES string of the molecule is Cc1oc(CC2CCNC2)nc1C1CCCN1. The summed E-state index contributed by atoms with van der Waals surface area (Å²) in [6.45, 7) is 5.40. The average molecular weight is 235 g/mol. The number of oxazole rings is 1. The molecule has 3 rings (SSSR count). The highest BCUT2D eigenvalue weighted by Crippen LogP contribution is 2.26. The second kappa shape index (κ2) is 4.78. The number of aromatic nitrogens is 1. The van der Waals surface area contributed by atoms with Crippen LogP contribution in [-0.2, 0) is 6.42 Å². The summed E-state index contributed by atoms with van der Waals surface area (Å²) < 4.78 is 5.81. The summed E-state index contributed by atoms with van der Waals surface area (Å²) >= 11 is 0. The molecule has 3 heterocycles. The maximum atomic E-state index is 5.81. The van der Waals surface area contributed by atoms with Gasteiger partial charge in [-0.2, -0.15) is 0 Å². The number of rotatable bonds is 3. The third-order valence-electron chi connectivity index (χ3n) is 3.89. The quantitative estimate of drug-likeness (QED) is 0.835. The minimum Gasteiger partial charge on any atom is -0.446 e. The zero-order valence-corrected chi connectivity index (χ0v) is 10.5. The molecule has 0 bridgehead atoms. The zero-order chi connectivity index (χ0) is 11.7. The van der Waals surface area contributed by atoms with Gasteiger partial charge in [-0.1, -0.05) is 0 Å². The van der Waals surface area contributed by atoms with E-state index in [4.69, 9.17) is 9.40 Å². The number of aryl methyl sites for hydroxylation is 1. The van der Waals surface area contributed by atoms with Gasteiger partial charge in [-0.05, 0) is 51.7 Å². The smallest absolute Gasteiger partial charge is 0.194 e. The normalized spacial score (nSPS) is 29.0. The van der Waals surface area contributed by atoms with Gasteiger partial charge in [0.25, 0.3) is 0 Å². The standard InChI is InChI=1S/C13H21N3O/c1-9-13(11-3-2-5-15-11)16-12(17-9)7-10-4-6-14-8-10/h10-11,14-15H,2-8H2,1H3. The number of hydrogen-bond acceptors (Lipinski definition) is 4. The average Bonchev–Trinajstić information content (AvgIpc) is 3.00. The van der Waals surface area contributed by atoms with Crippen LogP contribution in [0.25, 0.3) is 0 Å². The van der Waals surface area contributed by atoms with E-state index in [0.717, 1.165) is 43.4 Å². The van der Waals surface area contributed by atoms with Crippen LogP contribution in [0.3, 0.4) is 0 Å². The minimum absolute atomic E-state index is 0.425. The maximum absolute atomic E-state index is 5.81. The van der Waals surface area contributed by atoms with Crippen LogP contribution in [0, 0.1) is 12.8 Å². The molecule has 0 saturated carbocycles. The predicted molar refractivity (Wildman–Crippen MR) is 65.9 cm³/mol. The van der Waals surface area contributed by atoms with Crippen LogP contribution in [0.5, 0.6) is 0 Å². The van der Waals surface area contributed by atoms with Crippen molar-refractivity contribution < 1.29 is 4.42 Å². The van der Waals surface area contributed by atoms with Gasteiger partial charge in [0.05, 0.1) is 11.7 Å². The van der Waals surface area contributed by atoms with Gasteiger partial charge in [0.2, 0.25) is 0 Å². The first-order chi connectivity index (χ1) is 8.33. The van der Waals surface area contributed by atoms with Crippen molar-refractivity contribution in [2.24, 2.45) is 5.92 Å². The van der Waals surface area contributed by atoms with E-state index in [-0.39, 0.29) is 0 Å². The summed E-state index contributed by atoms with van der Waals surface area (Å²) in [4.78, 5) is 4.70. The lowest BCUT2D eigenvalue weighted by Crippen LogP contribution is -2.14. The molecule has 2 saturated heterocycles.